The minimum absolute atomic E-state index is 0.0619. The second-order valence-corrected chi connectivity index (χ2v) is 6.98. The Morgan fingerprint density at radius 2 is 2.05 bits per heavy atom. The number of carbonyl (C=O) groups excluding carboxylic acids is 1. The second kappa shape index (κ2) is 5.50. The quantitative estimate of drug-likeness (QED) is 0.872. The van der Waals surface area contributed by atoms with E-state index in [9.17, 15) is 9.18 Å². The summed E-state index contributed by atoms with van der Waals surface area (Å²) >= 11 is 1.37. The lowest BCUT2D eigenvalue weighted by Crippen LogP contribution is -2.42. The molecule has 0 radical (unpaired) electrons. The first-order chi connectivity index (χ1) is 10.7. The van der Waals surface area contributed by atoms with E-state index in [0.717, 1.165) is 43.5 Å². The molecular weight excluding hydrogens is 303 g/mol. The second-order valence-electron chi connectivity index (χ2n) is 5.98. The summed E-state index contributed by atoms with van der Waals surface area (Å²) in [6, 6.07) is 4.94. The number of fused-ring (bicyclic) bond motifs is 1. The van der Waals surface area contributed by atoms with Crippen LogP contribution < -0.4 is 4.74 Å². The zero-order valence-electron chi connectivity index (χ0n) is 12.1. The first-order valence-corrected chi connectivity index (χ1v) is 8.53. The minimum atomic E-state index is -0.312. The minimum Gasteiger partial charge on any atom is -0.467 e. The standard InChI is InChI=1S/C16H17FN2O2S/c17-12-2-1-3-13-14(12)18-16(22-13)21-11-6-8-19(9-7-11)15(20)10-4-5-10/h1-3,10-11H,4-9H2. The van der Waals surface area contributed by atoms with Crippen molar-refractivity contribution in [2.45, 2.75) is 31.8 Å². The van der Waals surface area contributed by atoms with Crippen LogP contribution in [0.1, 0.15) is 25.7 Å². The first-order valence-electron chi connectivity index (χ1n) is 7.71. The summed E-state index contributed by atoms with van der Waals surface area (Å²) in [6.45, 7) is 1.50. The van der Waals surface area contributed by atoms with Gasteiger partial charge in [-0.2, -0.15) is 4.98 Å². The number of nitrogens with zero attached hydrogens (tertiary/aromatic N) is 2. The SMILES string of the molecule is O=C(C1CC1)N1CCC(Oc2nc3c(F)cccc3s2)CC1. The monoisotopic (exact) mass is 320 g/mol. The lowest BCUT2D eigenvalue weighted by molar-refractivity contribution is -0.134. The van der Waals surface area contributed by atoms with E-state index in [1.165, 1.54) is 17.4 Å². The Morgan fingerprint density at radius 3 is 2.73 bits per heavy atom. The fourth-order valence-corrected chi connectivity index (χ4v) is 3.77. The number of amides is 1. The number of ether oxygens (including phenoxy) is 1. The normalized spacial score (nSPS) is 19.6. The number of hydrogen-bond acceptors (Lipinski definition) is 4. The van der Waals surface area contributed by atoms with Crippen molar-refractivity contribution in [3.63, 3.8) is 0 Å². The van der Waals surface area contributed by atoms with Gasteiger partial charge in [0.2, 0.25) is 5.91 Å². The first kappa shape index (κ1) is 13.9. The van der Waals surface area contributed by atoms with E-state index in [0.29, 0.717) is 16.6 Å². The molecule has 4 nitrogen and oxygen atoms in total. The van der Waals surface area contributed by atoms with Gasteiger partial charge in [-0.25, -0.2) is 4.39 Å². The maximum atomic E-state index is 13.6. The molecule has 4 rings (SSSR count). The van der Waals surface area contributed by atoms with Crippen molar-refractivity contribution in [3.05, 3.63) is 24.0 Å². The van der Waals surface area contributed by atoms with Crippen LogP contribution in [0.5, 0.6) is 5.19 Å². The van der Waals surface area contributed by atoms with Gasteiger partial charge in [0.1, 0.15) is 17.4 Å². The van der Waals surface area contributed by atoms with Crippen molar-refractivity contribution in [2.24, 2.45) is 5.92 Å². The average molecular weight is 320 g/mol. The number of rotatable bonds is 3. The molecule has 0 spiro atoms. The Balaban J connectivity index is 1.39. The van der Waals surface area contributed by atoms with Crippen LogP contribution in [0, 0.1) is 11.7 Å². The molecule has 1 amide bonds. The summed E-state index contributed by atoms with van der Waals surface area (Å²) in [6.07, 6.45) is 3.79. The zero-order valence-corrected chi connectivity index (χ0v) is 12.9. The van der Waals surface area contributed by atoms with Gasteiger partial charge in [-0.05, 0) is 25.0 Å². The van der Waals surface area contributed by atoms with Gasteiger partial charge in [0, 0.05) is 31.8 Å². The number of aromatic nitrogens is 1. The Bertz CT molecular complexity index is 705. The predicted octanol–water partition coefficient (Wildman–Crippen LogP) is 3.22. The van der Waals surface area contributed by atoms with Crippen LogP contribution in [0.4, 0.5) is 4.39 Å². The number of hydrogen-bond donors (Lipinski definition) is 0. The summed E-state index contributed by atoms with van der Waals surface area (Å²) < 4.78 is 20.3. The topological polar surface area (TPSA) is 42.4 Å². The fourth-order valence-electron chi connectivity index (χ4n) is 2.87. The number of halogens is 1. The van der Waals surface area contributed by atoms with Crippen molar-refractivity contribution < 1.29 is 13.9 Å². The molecule has 1 aromatic carbocycles. The Labute approximate surface area is 131 Å². The number of thiazole rings is 1. The highest BCUT2D eigenvalue weighted by Crippen LogP contribution is 2.33. The van der Waals surface area contributed by atoms with E-state index < -0.39 is 0 Å². The number of carbonyl (C=O) groups is 1. The van der Waals surface area contributed by atoms with Crippen LogP contribution in [0.15, 0.2) is 18.2 Å². The molecule has 0 N–H and O–H groups in total. The predicted molar refractivity (Wildman–Crippen MR) is 82.5 cm³/mol. The van der Waals surface area contributed by atoms with E-state index >= 15 is 0 Å². The fraction of sp³-hybridized carbons (Fsp3) is 0.500. The molecule has 6 heteroatoms. The lowest BCUT2D eigenvalue weighted by atomic mass is 10.1. The third kappa shape index (κ3) is 2.67. The number of benzene rings is 1. The molecule has 1 aromatic heterocycles. The molecule has 116 valence electrons. The van der Waals surface area contributed by atoms with Crippen LogP contribution in [0.3, 0.4) is 0 Å². The highest BCUT2D eigenvalue weighted by atomic mass is 32.1. The lowest BCUT2D eigenvalue weighted by Gasteiger charge is -2.31. The number of piperidine rings is 1. The zero-order chi connectivity index (χ0) is 15.1. The molecule has 1 saturated heterocycles. The van der Waals surface area contributed by atoms with Gasteiger partial charge in [-0.1, -0.05) is 17.4 Å². The van der Waals surface area contributed by atoms with Crippen LogP contribution in [0.2, 0.25) is 0 Å². The molecule has 1 aliphatic heterocycles. The third-order valence-corrected chi connectivity index (χ3v) is 5.21. The molecule has 2 aliphatic rings. The van der Waals surface area contributed by atoms with E-state index in [1.54, 1.807) is 6.07 Å². The maximum Gasteiger partial charge on any atom is 0.274 e. The molecule has 0 bridgehead atoms. The Morgan fingerprint density at radius 1 is 1.27 bits per heavy atom. The smallest absolute Gasteiger partial charge is 0.274 e. The molecule has 2 heterocycles. The van der Waals surface area contributed by atoms with Crippen molar-refractivity contribution in [3.8, 4) is 5.19 Å². The largest absolute Gasteiger partial charge is 0.467 e. The van der Waals surface area contributed by atoms with Crippen molar-refractivity contribution in [1.82, 2.24) is 9.88 Å². The van der Waals surface area contributed by atoms with Gasteiger partial charge in [0.15, 0.2) is 0 Å². The average Bonchev–Trinajstić information content (AvgIpc) is 3.29. The van der Waals surface area contributed by atoms with E-state index in [1.807, 2.05) is 11.0 Å². The molecular formula is C16H17FN2O2S. The summed E-state index contributed by atoms with van der Waals surface area (Å²) in [5.41, 5.74) is 0.379. The van der Waals surface area contributed by atoms with Gasteiger partial charge in [-0.3, -0.25) is 4.79 Å². The van der Waals surface area contributed by atoms with Crippen LogP contribution in [0.25, 0.3) is 10.2 Å². The molecule has 0 unspecified atom stereocenters. The summed E-state index contributed by atoms with van der Waals surface area (Å²) in [5.74, 6) is 0.277. The molecule has 2 fully saturated rings. The highest BCUT2D eigenvalue weighted by Gasteiger charge is 2.35. The summed E-state index contributed by atoms with van der Waals surface area (Å²) in [5, 5.41) is 0.520. The Hall–Kier alpha value is -1.69. The van der Waals surface area contributed by atoms with Gasteiger partial charge < -0.3 is 9.64 Å². The van der Waals surface area contributed by atoms with Crippen LogP contribution >= 0.6 is 11.3 Å². The van der Waals surface area contributed by atoms with Crippen molar-refractivity contribution in [2.75, 3.05) is 13.1 Å². The molecule has 1 saturated carbocycles. The summed E-state index contributed by atoms with van der Waals surface area (Å²) in [4.78, 5) is 18.2. The Kier molecular flexibility index (Phi) is 3.48. The maximum absolute atomic E-state index is 13.6. The van der Waals surface area contributed by atoms with Crippen molar-refractivity contribution in [1.29, 1.82) is 0 Å². The van der Waals surface area contributed by atoms with E-state index in [-0.39, 0.29) is 17.8 Å². The molecule has 22 heavy (non-hydrogen) atoms. The van der Waals surface area contributed by atoms with Gasteiger partial charge in [0.05, 0.1) is 4.70 Å². The van der Waals surface area contributed by atoms with Gasteiger partial charge >= 0.3 is 0 Å². The van der Waals surface area contributed by atoms with Gasteiger partial charge in [0.25, 0.3) is 5.19 Å². The molecule has 1 aliphatic carbocycles. The van der Waals surface area contributed by atoms with Crippen molar-refractivity contribution >= 4 is 27.5 Å². The number of para-hydroxylation sites is 1. The van der Waals surface area contributed by atoms with E-state index in [2.05, 4.69) is 4.98 Å². The third-order valence-electron chi connectivity index (χ3n) is 4.30. The summed E-state index contributed by atoms with van der Waals surface area (Å²) in [7, 11) is 0. The van der Waals surface area contributed by atoms with Crippen LogP contribution in [-0.4, -0.2) is 35.0 Å². The van der Waals surface area contributed by atoms with Crippen LogP contribution in [-0.2, 0) is 4.79 Å². The number of likely N-dealkylation sites (tertiary alicyclic amines) is 1. The van der Waals surface area contributed by atoms with Gasteiger partial charge in [-0.15, -0.1) is 0 Å². The highest BCUT2D eigenvalue weighted by molar-refractivity contribution is 7.20. The molecule has 2 aromatic rings. The van der Waals surface area contributed by atoms with E-state index in [4.69, 9.17) is 4.74 Å². The molecule has 0 atom stereocenters.